The van der Waals surface area contributed by atoms with Gasteiger partial charge in [-0.1, -0.05) is 6.92 Å². The van der Waals surface area contributed by atoms with Crippen LogP contribution in [0.4, 0.5) is 0 Å². The first kappa shape index (κ1) is 18.1. The number of guanidine groups is 1. The molecule has 0 heterocycles. The van der Waals surface area contributed by atoms with Crippen LogP contribution >= 0.6 is 47.5 Å². The Kier molecular flexibility index (Phi) is 15.4. The van der Waals surface area contributed by atoms with Crippen LogP contribution in [0.3, 0.4) is 0 Å². The van der Waals surface area contributed by atoms with Crippen LogP contribution in [0.5, 0.6) is 0 Å². The lowest BCUT2D eigenvalue weighted by atomic mass is 10.5. The zero-order valence-corrected chi connectivity index (χ0v) is 13.8. The van der Waals surface area contributed by atoms with Crippen LogP contribution in [0.25, 0.3) is 0 Å². The maximum absolute atomic E-state index is 4.14. The summed E-state index contributed by atoms with van der Waals surface area (Å²) >= 11 is 3.69. The lowest BCUT2D eigenvalue weighted by Crippen LogP contribution is -2.40. The van der Waals surface area contributed by atoms with Crippen molar-refractivity contribution in [2.24, 2.45) is 4.99 Å². The molecule has 0 amide bonds. The van der Waals surface area contributed by atoms with E-state index < -0.39 is 0 Å². The van der Waals surface area contributed by atoms with Crippen molar-refractivity contribution in [3.05, 3.63) is 0 Å². The summed E-state index contributed by atoms with van der Waals surface area (Å²) < 4.78 is 0. The summed E-state index contributed by atoms with van der Waals surface area (Å²) in [7, 11) is 1.80. The molecular formula is C9H22IN3S2. The Balaban J connectivity index is 0. The van der Waals surface area contributed by atoms with Gasteiger partial charge in [0.1, 0.15) is 0 Å². The molecule has 0 radical (unpaired) electrons. The molecule has 92 valence electrons. The normalized spacial score (nSPS) is 12.9. The smallest absolute Gasteiger partial charge is 0.191 e. The lowest BCUT2D eigenvalue weighted by molar-refractivity contribution is 0.807. The molecule has 0 rings (SSSR count). The molecule has 0 aromatic carbocycles. The molecule has 0 aliphatic rings. The van der Waals surface area contributed by atoms with E-state index in [0.717, 1.165) is 24.8 Å². The third-order valence-corrected chi connectivity index (χ3v) is 3.37. The van der Waals surface area contributed by atoms with Crippen molar-refractivity contribution < 1.29 is 0 Å². The average molecular weight is 363 g/mol. The summed E-state index contributed by atoms with van der Waals surface area (Å²) in [6.45, 7) is 4.13. The predicted molar refractivity (Wildman–Crippen MR) is 86.1 cm³/mol. The number of nitrogens with one attached hydrogen (secondary N) is 2. The molecule has 0 fully saturated rings. The second-order valence-electron chi connectivity index (χ2n) is 2.92. The standard InChI is InChI=1S/C9H21N3S2.HI/c1-8(14-4)7-12-9(10-2)11-5-6-13-3;/h8H,5-7H2,1-4H3,(H2,10,11,12);1H. The fourth-order valence-corrected chi connectivity index (χ4v) is 1.37. The molecule has 0 aromatic heterocycles. The molecule has 2 N–H and O–H groups in total. The van der Waals surface area contributed by atoms with Crippen molar-refractivity contribution in [3.8, 4) is 0 Å². The number of aliphatic imine (C=N–C) groups is 1. The van der Waals surface area contributed by atoms with Crippen LogP contribution in [0.15, 0.2) is 4.99 Å². The minimum absolute atomic E-state index is 0. The average Bonchev–Trinajstić information content (AvgIpc) is 2.22. The first-order chi connectivity index (χ1) is 6.74. The monoisotopic (exact) mass is 363 g/mol. The van der Waals surface area contributed by atoms with Gasteiger partial charge < -0.3 is 10.6 Å². The number of rotatable bonds is 6. The summed E-state index contributed by atoms with van der Waals surface area (Å²) in [5, 5.41) is 7.17. The molecular weight excluding hydrogens is 341 g/mol. The van der Waals surface area contributed by atoms with Crippen LogP contribution < -0.4 is 10.6 Å². The molecule has 15 heavy (non-hydrogen) atoms. The molecule has 0 spiro atoms. The number of thioether (sulfide) groups is 2. The van der Waals surface area contributed by atoms with Crippen molar-refractivity contribution in [1.82, 2.24) is 10.6 Å². The Morgan fingerprint density at radius 1 is 1.33 bits per heavy atom. The third-order valence-electron chi connectivity index (χ3n) is 1.78. The predicted octanol–water partition coefficient (Wildman–Crippen LogP) is 1.88. The highest BCUT2D eigenvalue weighted by atomic mass is 127. The lowest BCUT2D eigenvalue weighted by Gasteiger charge is -2.14. The second-order valence-corrected chi connectivity index (χ2v) is 5.18. The number of hydrogen-bond acceptors (Lipinski definition) is 3. The minimum atomic E-state index is 0. The van der Waals surface area contributed by atoms with Crippen LogP contribution in [0.2, 0.25) is 0 Å². The largest absolute Gasteiger partial charge is 0.356 e. The number of halogens is 1. The highest BCUT2D eigenvalue weighted by molar-refractivity contribution is 14.0. The van der Waals surface area contributed by atoms with Gasteiger partial charge in [-0.3, -0.25) is 4.99 Å². The third kappa shape index (κ3) is 11.0. The van der Waals surface area contributed by atoms with Gasteiger partial charge in [0, 0.05) is 31.1 Å². The van der Waals surface area contributed by atoms with E-state index in [9.17, 15) is 0 Å². The molecule has 6 heteroatoms. The molecule has 1 unspecified atom stereocenters. The minimum Gasteiger partial charge on any atom is -0.356 e. The summed E-state index contributed by atoms with van der Waals surface area (Å²) in [5.41, 5.74) is 0. The summed E-state index contributed by atoms with van der Waals surface area (Å²) in [4.78, 5) is 4.14. The summed E-state index contributed by atoms with van der Waals surface area (Å²) in [6.07, 6.45) is 4.23. The first-order valence-corrected chi connectivity index (χ1v) is 7.39. The maximum atomic E-state index is 4.14. The van der Waals surface area contributed by atoms with E-state index in [-0.39, 0.29) is 24.0 Å². The molecule has 0 saturated heterocycles. The fourth-order valence-electron chi connectivity index (χ4n) is 0.816. The summed E-state index contributed by atoms with van der Waals surface area (Å²) in [6, 6.07) is 0. The van der Waals surface area contributed by atoms with Crippen molar-refractivity contribution >= 4 is 53.5 Å². The molecule has 0 aromatic rings. The van der Waals surface area contributed by atoms with Crippen LogP contribution in [-0.2, 0) is 0 Å². The van der Waals surface area contributed by atoms with E-state index in [1.807, 2.05) is 23.5 Å². The molecule has 0 saturated carbocycles. The maximum Gasteiger partial charge on any atom is 0.191 e. The molecule has 1 atom stereocenters. The van der Waals surface area contributed by atoms with Gasteiger partial charge in [-0.25, -0.2) is 0 Å². The molecule has 0 bridgehead atoms. The van der Waals surface area contributed by atoms with Gasteiger partial charge >= 0.3 is 0 Å². The highest BCUT2D eigenvalue weighted by Crippen LogP contribution is 2.01. The van der Waals surface area contributed by atoms with E-state index in [2.05, 4.69) is 35.1 Å². The van der Waals surface area contributed by atoms with Crippen molar-refractivity contribution in [2.45, 2.75) is 12.2 Å². The Morgan fingerprint density at radius 2 is 2.00 bits per heavy atom. The van der Waals surface area contributed by atoms with E-state index in [1.54, 1.807) is 7.05 Å². The Bertz CT molecular complexity index is 167. The van der Waals surface area contributed by atoms with Crippen LogP contribution in [0.1, 0.15) is 6.92 Å². The first-order valence-electron chi connectivity index (χ1n) is 4.70. The molecule has 3 nitrogen and oxygen atoms in total. The van der Waals surface area contributed by atoms with Crippen LogP contribution in [0, 0.1) is 0 Å². The topological polar surface area (TPSA) is 36.4 Å². The van der Waals surface area contributed by atoms with Crippen LogP contribution in [-0.4, -0.2) is 49.6 Å². The molecule has 0 aliphatic carbocycles. The second kappa shape index (κ2) is 12.8. The Morgan fingerprint density at radius 3 is 2.47 bits per heavy atom. The SMILES string of the molecule is CN=C(NCCSC)NCC(C)SC.I. The van der Waals surface area contributed by atoms with Gasteiger partial charge in [0.25, 0.3) is 0 Å². The van der Waals surface area contributed by atoms with Gasteiger partial charge in [0.05, 0.1) is 0 Å². The van der Waals surface area contributed by atoms with E-state index in [1.165, 1.54) is 0 Å². The Hall–Kier alpha value is 0.700. The quantitative estimate of drug-likeness (QED) is 0.327. The van der Waals surface area contributed by atoms with E-state index in [0.29, 0.717) is 5.25 Å². The van der Waals surface area contributed by atoms with Crippen molar-refractivity contribution in [3.63, 3.8) is 0 Å². The number of hydrogen-bond donors (Lipinski definition) is 2. The van der Waals surface area contributed by atoms with Crippen molar-refractivity contribution in [2.75, 3.05) is 38.4 Å². The Labute approximate surface area is 119 Å². The fraction of sp³-hybridized carbons (Fsp3) is 0.889. The zero-order valence-electron chi connectivity index (χ0n) is 9.87. The van der Waals surface area contributed by atoms with E-state index >= 15 is 0 Å². The zero-order chi connectivity index (χ0) is 10.8. The highest BCUT2D eigenvalue weighted by Gasteiger charge is 2.00. The summed E-state index contributed by atoms with van der Waals surface area (Å²) in [5.74, 6) is 2.01. The van der Waals surface area contributed by atoms with Gasteiger partial charge in [-0.05, 0) is 12.5 Å². The molecule has 0 aliphatic heterocycles. The van der Waals surface area contributed by atoms with Gasteiger partial charge in [0.2, 0.25) is 0 Å². The number of nitrogens with zero attached hydrogens (tertiary/aromatic N) is 1. The van der Waals surface area contributed by atoms with Gasteiger partial charge in [-0.2, -0.15) is 23.5 Å². The van der Waals surface area contributed by atoms with E-state index in [4.69, 9.17) is 0 Å². The van der Waals surface area contributed by atoms with Gasteiger partial charge in [-0.15, -0.1) is 24.0 Å². The van der Waals surface area contributed by atoms with Gasteiger partial charge in [0.15, 0.2) is 5.96 Å². The van der Waals surface area contributed by atoms with Crippen molar-refractivity contribution in [1.29, 1.82) is 0 Å².